The highest BCUT2D eigenvalue weighted by Crippen LogP contribution is 2.29. The second-order valence-electron chi connectivity index (χ2n) is 5.23. The fraction of sp³-hybridized carbons (Fsp3) is 0.368. The maximum absolute atomic E-state index is 4.05. The van der Waals surface area contributed by atoms with E-state index in [0.29, 0.717) is 0 Å². The van der Waals surface area contributed by atoms with Crippen LogP contribution in [0.2, 0.25) is 0 Å². The molecular formula is C19H26. The summed E-state index contributed by atoms with van der Waals surface area (Å²) in [5.74, 6) is 0. The van der Waals surface area contributed by atoms with E-state index >= 15 is 0 Å². The molecule has 0 unspecified atom stereocenters. The Labute approximate surface area is 118 Å². The minimum atomic E-state index is 1.08. The van der Waals surface area contributed by atoms with E-state index in [4.69, 9.17) is 0 Å². The Bertz CT molecular complexity index is 539. The van der Waals surface area contributed by atoms with Crippen molar-refractivity contribution in [1.82, 2.24) is 0 Å². The molecule has 0 heterocycles. The van der Waals surface area contributed by atoms with E-state index in [1.165, 1.54) is 33.4 Å². The van der Waals surface area contributed by atoms with E-state index < -0.39 is 0 Å². The molecule has 0 aliphatic rings. The number of allylic oxidation sites excluding steroid dienone is 5. The highest BCUT2D eigenvalue weighted by molar-refractivity contribution is 5.80. The molecule has 19 heavy (non-hydrogen) atoms. The molecule has 0 fully saturated rings. The molecule has 0 radical (unpaired) electrons. The van der Waals surface area contributed by atoms with Crippen LogP contribution in [-0.4, -0.2) is 0 Å². The van der Waals surface area contributed by atoms with Crippen molar-refractivity contribution < 1.29 is 0 Å². The van der Waals surface area contributed by atoms with Crippen LogP contribution < -0.4 is 0 Å². The molecule has 0 aliphatic heterocycles. The Morgan fingerprint density at radius 3 is 2.26 bits per heavy atom. The van der Waals surface area contributed by atoms with Gasteiger partial charge in [0.15, 0.2) is 0 Å². The van der Waals surface area contributed by atoms with Crippen molar-refractivity contribution >= 4 is 5.57 Å². The first-order valence-electron chi connectivity index (χ1n) is 7.02. The summed E-state index contributed by atoms with van der Waals surface area (Å²) in [5.41, 5.74) is 9.17. The van der Waals surface area contributed by atoms with E-state index in [1.807, 2.05) is 0 Å². The fourth-order valence-corrected chi connectivity index (χ4v) is 2.34. The van der Waals surface area contributed by atoms with Crippen LogP contribution in [0.25, 0.3) is 5.57 Å². The molecule has 102 valence electrons. The van der Waals surface area contributed by atoms with Gasteiger partial charge >= 0.3 is 0 Å². The molecule has 0 aliphatic carbocycles. The van der Waals surface area contributed by atoms with Crippen molar-refractivity contribution in [2.45, 2.75) is 48.0 Å². The van der Waals surface area contributed by atoms with E-state index in [-0.39, 0.29) is 0 Å². The Morgan fingerprint density at radius 2 is 1.79 bits per heavy atom. The first kappa shape index (κ1) is 15.5. The van der Waals surface area contributed by atoms with Crippen LogP contribution in [0.15, 0.2) is 47.6 Å². The highest BCUT2D eigenvalue weighted by Gasteiger charge is 2.08. The summed E-state index contributed by atoms with van der Waals surface area (Å²) in [6.07, 6.45) is 3.28. The summed E-state index contributed by atoms with van der Waals surface area (Å²) in [5, 5.41) is 0. The molecule has 0 saturated carbocycles. The van der Waals surface area contributed by atoms with Gasteiger partial charge in [-0.25, -0.2) is 0 Å². The highest BCUT2D eigenvalue weighted by atomic mass is 14.1. The molecule has 0 saturated heterocycles. The predicted molar refractivity (Wildman–Crippen MR) is 87.4 cm³/mol. The molecule has 1 aromatic rings. The predicted octanol–water partition coefficient (Wildman–Crippen LogP) is 5.87. The quantitative estimate of drug-likeness (QED) is 0.589. The Hall–Kier alpha value is -1.56. The molecule has 0 N–H and O–H groups in total. The summed E-state index contributed by atoms with van der Waals surface area (Å²) in [6, 6.07) is 6.76. The van der Waals surface area contributed by atoms with Crippen molar-refractivity contribution in [3.05, 3.63) is 64.3 Å². The van der Waals surface area contributed by atoms with Gasteiger partial charge in [0.05, 0.1) is 0 Å². The lowest BCUT2D eigenvalue weighted by Gasteiger charge is -2.14. The van der Waals surface area contributed by atoms with Gasteiger partial charge in [-0.3, -0.25) is 0 Å². The lowest BCUT2D eigenvalue weighted by Crippen LogP contribution is -1.94. The number of aryl methyl sites for hydroxylation is 2. The normalized spacial score (nSPS) is 13.3. The minimum Gasteiger partial charge on any atom is -0.0958 e. The summed E-state index contributed by atoms with van der Waals surface area (Å²) in [6.45, 7) is 17.0. The van der Waals surface area contributed by atoms with Gasteiger partial charge in [0.1, 0.15) is 0 Å². The number of benzene rings is 1. The Morgan fingerprint density at radius 1 is 1.16 bits per heavy atom. The smallest absolute Gasteiger partial charge is 0.0182 e. The molecule has 1 aromatic carbocycles. The summed E-state index contributed by atoms with van der Waals surface area (Å²) >= 11 is 0. The third kappa shape index (κ3) is 3.47. The van der Waals surface area contributed by atoms with Gasteiger partial charge in [-0.05, 0) is 74.4 Å². The van der Waals surface area contributed by atoms with Crippen LogP contribution in [0.4, 0.5) is 0 Å². The molecule has 0 heteroatoms. The SMILES string of the molecule is C=C(C)/C(C)=C(C)\C(=C/C)c1ccc(C)c(CC)c1. The van der Waals surface area contributed by atoms with Crippen molar-refractivity contribution in [1.29, 1.82) is 0 Å². The van der Waals surface area contributed by atoms with Crippen LogP contribution in [0, 0.1) is 6.92 Å². The zero-order chi connectivity index (χ0) is 14.6. The van der Waals surface area contributed by atoms with Crippen LogP contribution in [0.5, 0.6) is 0 Å². The maximum atomic E-state index is 4.05. The third-order valence-corrected chi connectivity index (χ3v) is 3.94. The lowest BCUT2D eigenvalue weighted by atomic mass is 9.91. The van der Waals surface area contributed by atoms with Crippen molar-refractivity contribution in [3.63, 3.8) is 0 Å². The van der Waals surface area contributed by atoms with Gasteiger partial charge < -0.3 is 0 Å². The second kappa shape index (κ2) is 6.56. The first-order chi connectivity index (χ1) is 8.92. The number of hydrogen-bond donors (Lipinski definition) is 0. The molecule has 1 rings (SSSR count). The molecule has 0 nitrogen and oxygen atoms in total. The minimum absolute atomic E-state index is 1.08. The van der Waals surface area contributed by atoms with Crippen LogP contribution in [0.3, 0.4) is 0 Å². The summed E-state index contributed by atoms with van der Waals surface area (Å²) in [4.78, 5) is 0. The maximum Gasteiger partial charge on any atom is -0.0182 e. The molecule has 0 spiro atoms. The standard InChI is InChI=1S/C19H26/c1-8-17-12-18(11-10-14(17)5)19(9-2)16(7)15(6)13(3)4/h9-12H,3,8H2,1-2,4-7H3/b16-15-,19-9+. The Kier molecular flexibility index (Phi) is 5.35. The van der Waals surface area contributed by atoms with E-state index in [2.05, 4.69) is 72.4 Å². The molecular weight excluding hydrogens is 228 g/mol. The van der Waals surface area contributed by atoms with Gasteiger partial charge in [0.2, 0.25) is 0 Å². The van der Waals surface area contributed by atoms with Crippen LogP contribution in [-0.2, 0) is 6.42 Å². The molecule has 0 atom stereocenters. The molecule has 0 amide bonds. The molecule has 0 bridgehead atoms. The zero-order valence-corrected chi connectivity index (χ0v) is 13.2. The van der Waals surface area contributed by atoms with E-state index in [9.17, 15) is 0 Å². The summed E-state index contributed by atoms with van der Waals surface area (Å²) < 4.78 is 0. The monoisotopic (exact) mass is 254 g/mol. The van der Waals surface area contributed by atoms with E-state index in [0.717, 1.165) is 12.0 Å². The van der Waals surface area contributed by atoms with Crippen LogP contribution >= 0.6 is 0 Å². The third-order valence-electron chi connectivity index (χ3n) is 3.94. The van der Waals surface area contributed by atoms with Gasteiger partial charge in [-0.1, -0.05) is 43.4 Å². The average molecular weight is 254 g/mol. The topological polar surface area (TPSA) is 0 Å². The summed E-state index contributed by atoms with van der Waals surface area (Å²) in [7, 11) is 0. The van der Waals surface area contributed by atoms with Gasteiger partial charge in [0, 0.05) is 0 Å². The number of rotatable bonds is 4. The second-order valence-corrected chi connectivity index (χ2v) is 5.23. The first-order valence-corrected chi connectivity index (χ1v) is 7.02. The zero-order valence-electron chi connectivity index (χ0n) is 13.2. The largest absolute Gasteiger partial charge is 0.0958 e. The van der Waals surface area contributed by atoms with Crippen molar-refractivity contribution in [2.24, 2.45) is 0 Å². The van der Waals surface area contributed by atoms with Crippen molar-refractivity contribution in [3.8, 4) is 0 Å². The average Bonchev–Trinajstić information content (AvgIpc) is 2.40. The number of hydrogen-bond acceptors (Lipinski definition) is 0. The van der Waals surface area contributed by atoms with E-state index in [1.54, 1.807) is 0 Å². The fourth-order valence-electron chi connectivity index (χ4n) is 2.34. The molecule has 0 aromatic heterocycles. The van der Waals surface area contributed by atoms with Crippen molar-refractivity contribution in [2.75, 3.05) is 0 Å². The Balaban J connectivity index is 3.34. The van der Waals surface area contributed by atoms with Gasteiger partial charge in [-0.2, -0.15) is 0 Å². The van der Waals surface area contributed by atoms with Gasteiger partial charge in [-0.15, -0.1) is 0 Å². The van der Waals surface area contributed by atoms with Crippen LogP contribution in [0.1, 0.15) is 51.3 Å². The van der Waals surface area contributed by atoms with Gasteiger partial charge in [0.25, 0.3) is 0 Å². The lowest BCUT2D eigenvalue weighted by molar-refractivity contribution is 1.11.